The zero-order valence-electron chi connectivity index (χ0n) is 14.0. The lowest BCUT2D eigenvalue weighted by atomic mass is 10.2. The van der Waals surface area contributed by atoms with Crippen molar-refractivity contribution in [2.75, 3.05) is 25.5 Å². The van der Waals surface area contributed by atoms with Crippen molar-refractivity contribution in [2.45, 2.75) is 6.54 Å². The number of benzene rings is 2. The van der Waals surface area contributed by atoms with Crippen molar-refractivity contribution in [1.82, 2.24) is 15.1 Å². The van der Waals surface area contributed by atoms with Crippen molar-refractivity contribution in [2.24, 2.45) is 5.73 Å². The second kappa shape index (κ2) is 7.96. The Morgan fingerprint density at radius 3 is 3.00 bits per heavy atom. The van der Waals surface area contributed by atoms with Crippen LogP contribution in [0, 0.1) is 0 Å². The summed E-state index contributed by atoms with van der Waals surface area (Å²) >= 11 is 5.59. The van der Waals surface area contributed by atoms with E-state index in [1.165, 1.54) is 0 Å². The molecule has 1 heterocycles. The van der Waals surface area contributed by atoms with Crippen molar-refractivity contribution in [1.29, 1.82) is 0 Å². The number of nitrogens with two attached hydrogens (primary N) is 1. The molecule has 7 heteroatoms. The number of nitrogens with one attached hydrogen (secondary N) is 2. The molecule has 0 fully saturated rings. The normalized spacial score (nSPS) is 10.6. The van der Waals surface area contributed by atoms with E-state index in [0.717, 1.165) is 27.9 Å². The second-order valence-electron chi connectivity index (χ2n) is 5.66. The van der Waals surface area contributed by atoms with E-state index in [2.05, 4.69) is 15.5 Å². The van der Waals surface area contributed by atoms with Crippen LogP contribution in [0.1, 0.15) is 5.56 Å². The molecule has 0 aliphatic carbocycles. The Kier molecular flexibility index (Phi) is 5.47. The van der Waals surface area contributed by atoms with E-state index in [4.69, 9.17) is 22.7 Å². The van der Waals surface area contributed by atoms with Crippen LogP contribution < -0.4 is 15.8 Å². The number of anilines is 1. The number of fused-ring (bicyclic) bond motifs is 1. The number of rotatable bonds is 6. The summed E-state index contributed by atoms with van der Waals surface area (Å²) in [5.74, 6) is 0.828. The molecule has 0 amide bonds. The van der Waals surface area contributed by atoms with Crippen LogP contribution in [0.5, 0.6) is 5.75 Å². The molecule has 4 N–H and O–H groups in total. The molecule has 25 heavy (non-hydrogen) atoms. The number of aromatic amines is 1. The highest BCUT2D eigenvalue weighted by Crippen LogP contribution is 2.18. The highest BCUT2D eigenvalue weighted by molar-refractivity contribution is 7.80. The summed E-state index contributed by atoms with van der Waals surface area (Å²) in [7, 11) is 1.66. The molecule has 0 radical (unpaired) electrons. The fourth-order valence-corrected chi connectivity index (χ4v) is 2.90. The number of hydrogen-bond donors (Lipinski definition) is 3. The van der Waals surface area contributed by atoms with Crippen LogP contribution in [0.15, 0.2) is 48.7 Å². The Labute approximate surface area is 152 Å². The summed E-state index contributed by atoms with van der Waals surface area (Å²) in [6.45, 7) is 1.84. The summed E-state index contributed by atoms with van der Waals surface area (Å²) in [5, 5.41) is 11.9. The van der Waals surface area contributed by atoms with Gasteiger partial charge in [0.2, 0.25) is 0 Å². The molecule has 3 rings (SSSR count). The van der Waals surface area contributed by atoms with Gasteiger partial charge in [-0.3, -0.25) is 5.10 Å². The first kappa shape index (κ1) is 17.2. The van der Waals surface area contributed by atoms with Crippen LogP contribution in [-0.4, -0.2) is 40.4 Å². The van der Waals surface area contributed by atoms with Gasteiger partial charge in [-0.1, -0.05) is 12.1 Å². The molecule has 130 valence electrons. The molecule has 3 aromatic rings. The van der Waals surface area contributed by atoms with Crippen LogP contribution in [0.3, 0.4) is 0 Å². The maximum Gasteiger partial charge on any atom is 0.173 e. The van der Waals surface area contributed by atoms with Gasteiger partial charge in [0.15, 0.2) is 5.11 Å². The van der Waals surface area contributed by atoms with Crippen LogP contribution in [-0.2, 0) is 6.54 Å². The summed E-state index contributed by atoms with van der Waals surface area (Å²) in [4.78, 5) is 2.05. The fourth-order valence-electron chi connectivity index (χ4n) is 2.62. The maximum absolute atomic E-state index is 5.76. The van der Waals surface area contributed by atoms with Crippen LogP contribution in [0.25, 0.3) is 10.9 Å². The van der Waals surface area contributed by atoms with Crippen molar-refractivity contribution >= 4 is 33.9 Å². The molecule has 0 spiro atoms. The molecule has 0 saturated heterocycles. The lowest BCUT2D eigenvalue weighted by Crippen LogP contribution is -2.37. The zero-order valence-corrected chi connectivity index (χ0v) is 14.8. The minimum Gasteiger partial charge on any atom is -0.497 e. The van der Waals surface area contributed by atoms with Gasteiger partial charge in [0.25, 0.3) is 0 Å². The Morgan fingerprint density at radius 1 is 1.32 bits per heavy atom. The third-order valence-corrected chi connectivity index (χ3v) is 4.25. The van der Waals surface area contributed by atoms with E-state index in [0.29, 0.717) is 24.7 Å². The third-order valence-electron chi connectivity index (χ3n) is 3.89. The molecular weight excluding hydrogens is 334 g/mol. The largest absolute Gasteiger partial charge is 0.497 e. The van der Waals surface area contributed by atoms with Crippen molar-refractivity contribution < 1.29 is 4.74 Å². The number of H-pyrrole nitrogens is 1. The summed E-state index contributed by atoms with van der Waals surface area (Å²) in [5.41, 5.74) is 8.79. The van der Waals surface area contributed by atoms with Crippen molar-refractivity contribution in [3.63, 3.8) is 0 Å². The first-order valence-corrected chi connectivity index (χ1v) is 8.42. The van der Waals surface area contributed by atoms with E-state index in [1.807, 2.05) is 47.4 Å². The SMILES string of the molecule is COc1cccc(CN(CCN)C(=S)Nc2ccc3[nH]ncc3c2)c1. The van der Waals surface area contributed by atoms with Crippen LogP contribution >= 0.6 is 12.2 Å². The second-order valence-corrected chi connectivity index (χ2v) is 6.05. The Bertz CT molecular complexity index is 863. The minimum absolute atomic E-state index is 0.520. The molecule has 0 aliphatic rings. The Balaban J connectivity index is 1.73. The standard InChI is InChI=1S/C18H21N5OS/c1-24-16-4-2-3-13(9-16)12-23(8-7-19)18(25)21-15-5-6-17-14(10-15)11-20-22-17/h2-6,9-11H,7-8,12,19H2,1H3,(H,20,22)(H,21,25). The monoisotopic (exact) mass is 355 g/mol. The smallest absolute Gasteiger partial charge is 0.173 e. The van der Waals surface area contributed by atoms with Gasteiger partial charge in [-0.2, -0.15) is 5.10 Å². The van der Waals surface area contributed by atoms with E-state index in [1.54, 1.807) is 13.3 Å². The first-order chi connectivity index (χ1) is 12.2. The molecule has 0 unspecified atom stereocenters. The quantitative estimate of drug-likeness (QED) is 0.590. The molecule has 0 saturated carbocycles. The number of nitrogens with zero attached hydrogens (tertiary/aromatic N) is 2. The Hall–Kier alpha value is -2.64. The van der Waals surface area contributed by atoms with Gasteiger partial charge in [0.05, 0.1) is 18.8 Å². The first-order valence-electron chi connectivity index (χ1n) is 8.01. The average molecular weight is 355 g/mol. The average Bonchev–Trinajstić information content (AvgIpc) is 3.09. The summed E-state index contributed by atoms with van der Waals surface area (Å²) in [6, 6.07) is 13.9. The third kappa shape index (κ3) is 4.26. The van der Waals surface area contributed by atoms with Crippen molar-refractivity contribution in [3.05, 3.63) is 54.2 Å². The molecule has 0 bridgehead atoms. The highest BCUT2D eigenvalue weighted by atomic mass is 32.1. The summed E-state index contributed by atoms with van der Waals surface area (Å²) in [6.07, 6.45) is 1.79. The lowest BCUT2D eigenvalue weighted by molar-refractivity contribution is 0.408. The predicted molar refractivity (Wildman–Crippen MR) is 105 cm³/mol. The molecule has 6 nitrogen and oxygen atoms in total. The van der Waals surface area contributed by atoms with Crippen LogP contribution in [0.2, 0.25) is 0 Å². The van der Waals surface area contributed by atoms with E-state index in [9.17, 15) is 0 Å². The molecule has 2 aromatic carbocycles. The van der Waals surface area contributed by atoms with E-state index >= 15 is 0 Å². The minimum atomic E-state index is 0.520. The number of aromatic nitrogens is 2. The summed E-state index contributed by atoms with van der Waals surface area (Å²) < 4.78 is 5.29. The van der Waals surface area contributed by atoms with Crippen LogP contribution in [0.4, 0.5) is 5.69 Å². The number of methoxy groups -OCH3 is 1. The Morgan fingerprint density at radius 2 is 2.20 bits per heavy atom. The van der Waals surface area contributed by atoms with Gasteiger partial charge < -0.3 is 20.7 Å². The van der Waals surface area contributed by atoms with Gasteiger partial charge in [0.1, 0.15) is 5.75 Å². The number of ether oxygens (including phenoxy) is 1. The predicted octanol–water partition coefficient (Wildman–Crippen LogP) is 2.73. The zero-order chi connectivity index (χ0) is 17.6. The molecule has 1 aromatic heterocycles. The van der Waals surface area contributed by atoms with Gasteiger partial charge >= 0.3 is 0 Å². The number of thiocarbonyl (C=S) groups is 1. The van der Waals surface area contributed by atoms with Gasteiger partial charge in [-0.15, -0.1) is 0 Å². The van der Waals surface area contributed by atoms with E-state index < -0.39 is 0 Å². The van der Waals surface area contributed by atoms with Gasteiger partial charge in [-0.25, -0.2) is 0 Å². The topological polar surface area (TPSA) is 79.2 Å². The maximum atomic E-state index is 5.76. The molecule has 0 aliphatic heterocycles. The van der Waals surface area contributed by atoms with Gasteiger partial charge in [-0.05, 0) is 48.1 Å². The van der Waals surface area contributed by atoms with Gasteiger partial charge in [0, 0.05) is 30.7 Å². The lowest BCUT2D eigenvalue weighted by Gasteiger charge is -2.25. The van der Waals surface area contributed by atoms with E-state index in [-0.39, 0.29) is 0 Å². The molecular formula is C18H21N5OS. The van der Waals surface area contributed by atoms with Crippen molar-refractivity contribution in [3.8, 4) is 5.75 Å². The highest BCUT2D eigenvalue weighted by Gasteiger charge is 2.11. The number of hydrogen-bond acceptors (Lipinski definition) is 4. The fraction of sp³-hybridized carbons (Fsp3) is 0.222. The molecule has 0 atom stereocenters.